The molecule has 1 amide bonds. The Hall–Kier alpha value is -2.63. The van der Waals surface area contributed by atoms with E-state index in [9.17, 15) is 29.4 Å². The number of thiazole rings is 1. The van der Waals surface area contributed by atoms with E-state index < -0.39 is 28.9 Å². The molecule has 0 bridgehead atoms. The number of ether oxygens (including phenoxy) is 1. The fraction of sp³-hybridized carbons (Fsp3) is 0.800. The number of carbonyl (C=O) groups is 4. The molecule has 5 aliphatic rings. The molecule has 0 saturated heterocycles. The van der Waals surface area contributed by atoms with Gasteiger partial charge in [-0.25, -0.2) is 4.98 Å². The summed E-state index contributed by atoms with van der Waals surface area (Å²) in [5.74, 6) is -0.279. The van der Waals surface area contributed by atoms with Crippen molar-refractivity contribution >= 4 is 35.0 Å². The van der Waals surface area contributed by atoms with E-state index in [1.165, 1.54) is 5.57 Å². The lowest BCUT2D eigenvalue weighted by molar-refractivity contribution is -0.235. The number of aliphatic carboxylic acids is 1. The van der Waals surface area contributed by atoms with Gasteiger partial charge in [0.1, 0.15) is 11.1 Å². The van der Waals surface area contributed by atoms with Gasteiger partial charge in [-0.1, -0.05) is 54.0 Å². The molecule has 2 N–H and O–H groups in total. The van der Waals surface area contributed by atoms with Gasteiger partial charge >= 0.3 is 11.9 Å². The largest absolute Gasteiger partial charge is 0.481 e. The highest BCUT2D eigenvalue weighted by molar-refractivity contribution is 7.09. The topological polar surface area (TPSA) is 137 Å². The van der Waals surface area contributed by atoms with Crippen LogP contribution in [0, 0.1) is 56.2 Å². The van der Waals surface area contributed by atoms with Crippen molar-refractivity contribution in [1.29, 1.82) is 0 Å². The summed E-state index contributed by atoms with van der Waals surface area (Å²) in [6, 6.07) is 0. The number of aliphatic hydroxyl groups is 1. The maximum absolute atomic E-state index is 14.3. The minimum absolute atomic E-state index is 0.000876. The Morgan fingerprint density at radius 2 is 1.68 bits per heavy atom. The summed E-state index contributed by atoms with van der Waals surface area (Å²) >= 11 is 1.54. The van der Waals surface area contributed by atoms with Crippen molar-refractivity contribution < 1.29 is 34.1 Å². The van der Waals surface area contributed by atoms with E-state index in [-0.39, 0.29) is 64.3 Å². The zero-order valence-corrected chi connectivity index (χ0v) is 36.8. The number of aliphatic hydroxyl groups excluding tert-OH is 1. The molecule has 11 heteroatoms. The number of carbonyl (C=O) groups excluding carboxylic acids is 3. The van der Waals surface area contributed by atoms with E-state index in [1.54, 1.807) is 50.4 Å². The molecular formula is C45H69N3O7S. The Bertz CT molecular complexity index is 1740. The predicted molar refractivity (Wildman–Crippen MR) is 217 cm³/mol. The average molecular weight is 796 g/mol. The summed E-state index contributed by atoms with van der Waals surface area (Å²) in [4.78, 5) is 60.3. The monoisotopic (exact) mass is 795 g/mol. The Morgan fingerprint density at radius 1 is 0.982 bits per heavy atom. The lowest BCUT2D eigenvalue weighted by Crippen LogP contribution is -2.66. The molecule has 2 unspecified atom stereocenters. The Balaban J connectivity index is 1.29. The summed E-state index contributed by atoms with van der Waals surface area (Å²) in [5.41, 5.74) is -0.00957. The highest BCUT2D eigenvalue weighted by Gasteiger charge is 2.71. The van der Waals surface area contributed by atoms with Gasteiger partial charge in [0.05, 0.1) is 31.0 Å². The number of likely N-dealkylation sites (N-methyl/N-ethyl adjacent to an activating group) is 1. The minimum atomic E-state index is -1.18. The second-order valence-electron chi connectivity index (χ2n) is 21.0. The Kier molecular flexibility index (Phi) is 11.4. The number of fused-ring (bicyclic) bond motifs is 7. The molecule has 0 aromatic carbocycles. The molecule has 5 aliphatic carbocycles. The van der Waals surface area contributed by atoms with Crippen molar-refractivity contribution in [3.8, 4) is 0 Å². The fourth-order valence-electron chi connectivity index (χ4n) is 13.4. The lowest BCUT2D eigenvalue weighted by atomic mass is 9.33. The SMILES string of the molecule is CC(C)C1=C2[C@H]3CC[C@@H]4[C@@]5(C)CC[C@H](OC(=O)CC(C)(C)C(=O)O)C(C)(C)[C@@H]5CC[C@@]4(C)[C@]3(C)CCC2(C(O)CN(CC(=O)N(C)C)Cc2nccs2)CC1=O. The summed E-state index contributed by atoms with van der Waals surface area (Å²) in [6.45, 7) is 20.4. The highest BCUT2D eigenvalue weighted by atomic mass is 32.1. The van der Waals surface area contributed by atoms with Gasteiger partial charge in [0.25, 0.3) is 0 Å². The molecule has 1 heterocycles. The van der Waals surface area contributed by atoms with Crippen LogP contribution in [0.25, 0.3) is 0 Å². The molecule has 10 nitrogen and oxygen atoms in total. The second kappa shape index (κ2) is 14.9. The van der Waals surface area contributed by atoms with Gasteiger partial charge in [0.15, 0.2) is 5.78 Å². The highest BCUT2D eigenvalue weighted by Crippen LogP contribution is 2.77. The number of amides is 1. The molecule has 4 saturated carbocycles. The van der Waals surface area contributed by atoms with Crippen molar-refractivity contribution in [2.45, 2.75) is 145 Å². The number of esters is 1. The quantitative estimate of drug-likeness (QED) is 0.203. The van der Waals surface area contributed by atoms with Crippen molar-refractivity contribution in [3.63, 3.8) is 0 Å². The van der Waals surface area contributed by atoms with Crippen molar-refractivity contribution in [1.82, 2.24) is 14.8 Å². The second-order valence-corrected chi connectivity index (χ2v) is 21.9. The van der Waals surface area contributed by atoms with Gasteiger partial charge in [-0.2, -0.15) is 0 Å². The van der Waals surface area contributed by atoms with E-state index in [4.69, 9.17) is 4.74 Å². The summed E-state index contributed by atoms with van der Waals surface area (Å²) < 4.78 is 6.18. The molecule has 1 aromatic rings. The molecule has 312 valence electrons. The first-order valence-electron chi connectivity index (χ1n) is 21.1. The van der Waals surface area contributed by atoms with Gasteiger partial charge in [0, 0.05) is 49.5 Å². The average Bonchev–Trinajstić information content (AvgIpc) is 3.71. The standard InChI is InChI=1S/C45H69N3O7S/c1-27(2)37-29(49)22-45(32(50)24-48(26-35(51)47(10)11)25-34-46-20-21-56-34)19-18-43(8)28(38(37)45)12-13-31-42(7)16-15-33(55-36(52)23-40(3,4)39(53)54)41(5,6)30(42)14-17-44(31,43)9/h20-21,27-28,30-33,50H,12-19,22-26H2,1-11H3,(H,53,54)/t28-,30+,31-,32?,33+,42+,43-,44-,45?/m1/s1. The maximum Gasteiger partial charge on any atom is 0.309 e. The van der Waals surface area contributed by atoms with E-state index in [0.29, 0.717) is 31.3 Å². The number of Topliss-reactive ketones (excluding diaryl/α,β-unsaturated/α-hetero) is 1. The zero-order chi connectivity index (χ0) is 41.4. The number of rotatable bonds is 12. The zero-order valence-electron chi connectivity index (χ0n) is 36.0. The van der Waals surface area contributed by atoms with Crippen LogP contribution in [0.5, 0.6) is 0 Å². The minimum Gasteiger partial charge on any atom is -0.481 e. The third-order valence-corrected chi connectivity index (χ3v) is 17.4. The van der Waals surface area contributed by atoms with E-state index in [0.717, 1.165) is 61.9 Å². The molecule has 0 spiro atoms. The smallest absolute Gasteiger partial charge is 0.309 e. The Morgan fingerprint density at radius 3 is 2.29 bits per heavy atom. The first-order valence-corrected chi connectivity index (χ1v) is 22.0. The van der Waals surface area contributed by atoms with Crippen LogP contribution in [0.3, 0.4) is 0 Å². The predicted octanol–water partition coefficient (Wildman–Crippen LogP) is 7.79. The number of carboxylic acids is 1. The van der Waals surface area contributed by atoms with Crippen LogP contribution >= 0.6 is 11.3 Å². The first kappa shape index (κ1) is 43.0. The molecule has 56 heavy (non-hydrogen) atoms. The van der Waals surface area contributed by atoms with Gasteiger partial charge in [-0.15, -0.1) is 11.3 Å². The van der Waals surface area contributed by atoms with Crippen molar-refractivity contribution in [2.24, 2.45) is 56.2 Å². The maximum atomic E-state index is 14.3. The Labute approximate surface area is 339 Å². The fourth-order valence-corrected chi connectivity index (χ4v) is 14.0. The van der Waals surface area contributed by atoms with Crippen LogP contribution in [-0.2, 0) is 30.5 Å². The normalized spacial score (nSPS) is 35.7. The van der Waals surface area contributed by atoms with E-state index >= 15 is 0 Å². The van der Waals surface area contributed by atoms with Crippen molar-refractivity contribution in [3.05, 3.63) is 27.7 Å². The number of carboxylic acid groups (broad SMARTS) is 1. The number of ketones is 1. The number of nitrogens with zero attached hydrogens (tertiary/aromatic N) is 3. The van der Waals surface area contributed by atoms with Crippen LogP contribution in [-0.4, -0.2) is 88.0 Å². The van der Waals surface area contributed by atoms with Crippen LogP contribution in [0.2, 0.25) is 0 Å². The summed E-state index contributed by atoms with van der Waals surface area (Å²) in [7, 11) is 3.51. The molecule has 0 aliphatic heterocycles. The van der Waals surface area contributed by atoms with Crippen LogP contribution in [0.4, 0.5) is 0 Å². The molecule has 9 atom stereocenters. The third kappa shape index (κ3) is 6.91. The lowest BCUT2D eigenvalue weighted by Gasteiger charge is -2.72. The van der Waals surface area contributed by atoms with Gasteiger partial charge in [-0.05, 0) is 111 Å². The van der Waals surface area contributed by atoms with Gasteiger partial charge in [-0.3, -0.25) is 24.1 Å². The summed E-state index contributed by atoms with van der Waals surface area (Å²) in [6.07, 6.45) is 8.31. The van der Waals surface area contributed by atoms with Crippen LogP contribution in [0.15, 0.2) is 22.7 Å². The number of allylic oxidation sites excluding steroid dienone is 1. The number of aromatic nitrogens is 1. The van der Waals surface area contributed by atoms with Gasteiger partial charge in [0.2, 0.25) is 5.91 Å². The molecule has 1 aromatic heterocycles. The molecule has 0 radical (unpaired) electrons. The van der Waals surface area contributed by atoms with Crippen LogP contribution < -0.4 is 0 Å². The number of hydrogen-bond acceptors (Lipinski definition) is 9. The van der Waals surface area contributed by atoms with E-state index in [2.05, 4.69) is 53.5 Å². The summed E-state index contributed by atoms with van der Waals surface area (Å²) in [5, 5.41) is 25.0. The van der Waals surface area contributed by atoms with Crippen molar-refractivity contribution in [2.75, 3.05) is 27.2 Å². The van der Waals surface area contributed by atoms with E-state index in [1.807, 2.05) is 10.3 Å². The molecule has 4 fully saturated rings. The van der Waals surface area contributed by atoms with Crippen LogP contribution in [0.1, 0.15) is 132 Å². The molecular weight excluding hydrogens is 727 g/mol. The molecule has 6 rings (SSSR count). The third-order valence-electron chi connectivity index (χ3n) is 16.6. The number of hydrogen-bond donors (Lipinski definition) is 2. The van der Waals surface area contributed by atoms with Gasteiger partial charge < -0.3 is 19.8 Å². The first-order chi connectivity index (χ1) is 25.9.